The largest absolute Gasteiger partial charge is 0.377 e. The Bertz CT molecular complexity index is 1130. The molecule has 26 heavy (non-hydrogen) atoms. The van der Waals surface area contributed by atoms with Crippen LogP contribution < -0.4 is 10.9 Å². The van der Waals surface area contributed by atoms with E-state index in [0.717, 1.165) is 11.1 Å². The van der Waals surface area contributed by atoms with Crippen LogP contribution in [0.4, 0.5) is 10.1 Å². The predicted octanol–water partition coefficient (Wildman–Crippen LogP) is 3.14. The van der Waals surface area contributed by atoms with Crippen molar-refractivity contribution in [2.45, 2.75) is 13.5 Å². The van der Waals surface area contributed by atoms with Crippen LogP contribution in [-0.4, -0.2) is 19.6 Å². The van der Waals surface area contributed by atoms with Crippen LogP contribution in [0.15, 0.2) is 59.4 Å². The van der Waals surface area contributed by atoms with E-state index in [1.807, 2.05) is 31.2 Å². The first-order valence-electron chi connectivity index (χ1n) is 8.14. The van der Waals surface area contributed by atoms with Gasteiger partial charge in [0.15, 0.2) is 5.82 Å². The van der Waals surface area contributed by atoms with E-state index in [9.17, 15) is 9.18 Å². The van der Waals surface area contributed by atoms with Crippen LogP contribution in [0.1, 0.15) is 11.3 Å². The standard InChI is InChI=1S/C19H16FN5O/c1-12-6-8-13(9-7-12)18-23-19-22-14(10-17(26)25(19)24-18)11-21-16-5-3-2-4-15(16)20/h2-10,21H,11H2,1H3,(H,22,23,24). The number of anilines is 1. The zero-order chi connectivity index (χ0) is 18.1. The number of H-pyrrole nitrogens is 1. The molecule has 0 amide bonds. The summed E-state index contributed by atoms with van der Waals surface area (Å²) in [6, 6.07) is 15.6. The third-order valence-corrected chi connectivity index (χ3v) is 4.04. The molecule has 4 aromatic rings. The predicted molar refractivity (Wildman–Crippen MR) is 97.5 cm³/mol. The maximum absolute atomic E-state index is 13.7. The van der Waals surface area contributed by atoms with Gasteiger partial charge in [0, 0.05) is 11.6 Å². The number of aromatic amines is 1. The molecule has 130 valence electrons. The van der Waals surface area contributed by atoms with Crippen molar-refractivity contribution in [2.24, 2.45) is 0 Å². The van der Waals surface area contributed by atoms with Crippen molar-refractivity contribution in [1.29, 1.82) is 0 Å². The van der Waals surface area contributed by atoms with Crippen LogP contribution in [0.3, 0.4) is 0 Å². The fraction of sp³-hybridized carbons (Fsp3) is 0.105. The van der Waals surface area contributed by atoms with Gasteiger partial charge in [-0.25, -0.2) is 9.37 Å². The highest BCUT2D eigenvalue weighted by Gasteiger charge is 2.10. The summed E-state index contributed by atoms with van der Waals surface area (Å²) in [6.07, 6.45) is 0. The molecule has 0 aliphatic carbocycles. The van der Waals surface area contributed by atoms with E-state index in [1.54, 1.807) is 18.2 Å². The highest BCUT2D eigenvalue weighted by atomic mass is 19.1. The van der Waals surface area contributed by atoms with Crippen LogP contribution in [0, 0.1) is 12.7 Å². The Morgan fingerprint density at radius 3 is 2.65 bits per heavy atom. The fourth-order valence-corrected chi connectivity index (χ4v) is 2.65. The summed E-state index contributed by atoms with van der Waals surface area (Å²) >= 11 is 0. The molecular formula is C19H16FN5O. The lowest BCUT2D eigenvalue weighted by atomic mass is 10.1. The van der Waals surface area contributed by atoms with Gasteiger partial charge >= 0.3 is 0 Å². The van der Waals surface area contributed by atoms with E-state index in [-0.39, 0.29) is 23.7 Å². The maximum Gasteiger partial charge on any atom is 0.274 e. The lowest BCUT2D eigenvalue weighted by Crippen LogP contribution is -2.17. The molecular weight excluding hydrogens is 333 g/mol. The molecule has 0 atom stereocenters. The number of para-hydroxylation sites is 1. The minimum absolute atomic E-state index is 0.222. The Kier molecular flexibility index (Phi) is 3.96. The third kappa shape index (κ3) is 3.06. The van der Waals surface area contributed by atoms with Gasteiger partial charge in [0.1, 0.15) is 5.82 Å². The molecule has 0 radical (unpaired) electrons. The zero-order valence-corrected chi connectivity index (χ0v) is 14.0. The first kappa shape index (κ1) is 16.0. The van der Waals surface area contributed by atoms with Crippen LogP contribution in [0.5, 0.6) is 0 Å². The second kappa shape index (κ2) is 6.44. The van der Waals surface area contributed by atoms with Crippen molar-refractivity contribution in [3.63, 3.8) is 0 Å². The SMILES string of the molecule is Cc1ccc(-c2nc3nc(CNc4ccccc4F)cc(=O)n3[nH]2)cc1. The van der Waals surface area contributed by atoms with Crippen molar-refractivity contribution in [3.05, 3.63) is 82.0 Å². The Labute approximate surface area is 148 Å². The number of aryl methyl sites for hydroxylation is 1. The maximum atomic E-state index is 13.7. The van der Waals surface area contributed by atoms with Crippen molar-refractivity contribution in [3.8, 4) is 11.4 Å². The van der Waals surface area contributed by atoms with Crippen molar-refractivity contribution in [1.82, 2.24) is 19.6 Å². The molecule has 0 saturated heterocycles. The average molecular weight is 349 g/mol. The number of aromatic nitrogens is 4. The van der Waals surface area contributed by atoms with Crippen LogP contribution >= 0.6 is 0 Å². The second-order valence-corrected chi connectivity index (χ2v) is 5.99. The Balaban J connectivity index is 1.65. The summed E-state index contributed by atoms with van der Waals surface area (Å²) < 4.78 is 15.0. The van der Waals surface area contributed by atoms with Crippen molar-refractivity contribution >= 4 is 11.5 Å². The van der Waals surface area contributed by atoms with Crippen LogP contribution in [0.25, 0.3) is 17.2 Å². The van der Waals surface area contributed by atoms with Crippen LogP contribution in [0.2, 0.25) is 0 Å². The number of halogens is 1. The van der Waals surface area contributed by atoms with Gasteiger partial charge < -0.3 is 5.32 Å². The monoisotopic (exact) mass is 349 g/mol. The lowest BCUT2D eigenvalue weighted by Gasteiger charge is -2.06. The summed E-state index contributed by atoms with van der Waals surface area (Å²) in [5.41, 5.74) is 2.58. The molecule has 0 spiro atoms. The van der Waals surface area contributed by atoms with Crippen molar-refractivity contribution in [2.75, 3.05) is 5.32 Å². The molecule has 2 aromatic carbocycles. The second-order valence-electron chi connectivity index (χ2n) is 5.99. The van der Waals surface area contributed by atoms with Gasteiger partial charge in [-0.05, 0) is 19.1 Å². The van der Waals surface area contributed by atoms with E-state index >= 15 is 0 Å². The molecule has 0 fully saturated rings. The van der Waals surface area contributed by atoms with E-state index in [0.29, 0.717) is 17.2 Å². The molecule has 2 heterocycles. The fourth-order valence-electron chi connectivity index (χ4n) is 2.65. The van der Waals surface area contributed by atoms with Gasteiger partial charge in [-0.2, -0.15) is 9.50 Å². The number of rotatable bonds is 4. The molecule has 2 N–H and O–H groups in total. The van der Waals surface area contributed by atoms with Crippen molar-refractivity contribution < 1.29 is 4.39 Å². The number of nitrogens with one attached hydrogen (secondary N) is 2. The molecule has 0 aliphatic heterocycles. The van der Waals surface area contributed by atoms with E-state index < -0.39 is 0 Å². The van der Waals surface area contributed by atoms with Crippen LogP contribution in [-0.2, 0) is 6.54 Å². The summed E-state index contributed by atoms with van der Waals surface area (Å²) in [7, 11) is 0. The molecule has 0 bridgehead atoms. The normalized spacial score (nSPS) is 11.0. The Morgan fingerprint density at radius 2 is 1.88 bits per heavy atom. The lowest BCUT2D eigenvalue weighted by molar-refractivity contribution is 0.630. The molecule has 2 aromatic heterocycles. The average Bonchev–Trinajstić information content (AvgIpc) is 3.06. The van der Waals surface area contributed by atoms with E-state index in [2.05, 4.69) is 20.4 Å². The first-order valence-corrected chi connectivity index (χ1v) is 8.14. The highest BCUT2D eigenvalue weighted by molar-refractivity contribution is 5.57. The Hall–Kier alpha value is -3.48. The molecule has 0 saturated carbocycles. The van der Waals surface area contributed by atoms with Gasteiger partial charge in [0.2, 0.25) is 0 Å². The third-order valence-electron chi connectivity index (χ3n) is 4.04. The molecule has 6 nitrogen and oxygen atoms in total. The summed E-state index contributed by atoms with van der Waals surface area (Å²) in [5, 5.41) is 5.90. The molecule has 7 heteroatoms. The minimum atomic E-state index is -0.355. The summed E-state index contributed by atoms with van der Waals surface area (Å²) in [6.45, 7) is 2.22. The van der Waals surface area contributed by atoms with E-state index in [1.165, 1.54) is 16.6 Å². The van der Waals surface area contributed by atoms with Gasteiger partial charge in [-0.1, -0.05) is 42.0 Å². The molecule has 4 rings (SSSR count). The number of hydrogen-bond acceptors (Lipinski definition) is 4. The van der Waals surface area contributed by atoms with Gasteiger partial charge in [0.25, 0.3) is 11.3 Å². The number of benzene rings is 2. The first-order chi connectivity index (χ1) is 12.6. The van der Waals surface area contributed by atoms with Gasteiger partial charge in [-0.15, -0.1) is 0 Å². The molecule has 0 aliphatic rings. The number of nitrogens with zero attached hydrogens (tertiary/aromatic N) is 3. The number of fused-ring (bicyclic) bond motifs is 1. The quantitative estimate of drug-likeness (QED) is 0.593. The minimum Gasteiger partial charge on any atom is -0.377 e. The Morgan fingerprint density at radius 1 is 1.12 bits per heavy atom. The van der Waals surface area contributed by atoms with E-state index in [4.69, 9.17) is 0 Å². The zero-order valence-electron chi connectivity index (χ0n) is 14.0. The summed E-state index contributed by atoms with van der Waals surface area (Å²) in [5.74, 6) is 0.485. The van der Waals surface area contributed by atoms with Gasteiger partial charge in [-0.3, -0.25) is 9.89 Å². The smallest absolute Gasteiger partial charge is 0.274 e. The highest BCUT2D eigenvalue weighted by Crippen LogP contribution is 2.16. The number of hydrogen-bond donors (Lipinski definition) is 2. The molecule has 0 unspecified atom stereocenters. The summed E-state index contributed by atoms with van der Waals surface area (Å²) in [4.78, 5) is 21.1. The van der Waals surface area contributed by atoms with Gasteiger partial charge in [0.05, 0.1) is 17.9 Å². The topological polar surface area (TPSA) is 75.1 Å².